The van der Waals surface area contributed by atoms with Crippen LogP contribution < -0.4 is 15.0 Å². The van der Waals surface area contributed by atoms with Gasteiger partial charge in [0, 0.05) is 23.3 Å². The average Bonchev–Trinajstić information content (AvgIpc) is 3.43. The number of rotatable bonds is 6. The number of para-hydroxylation sites is 1. The molecule has 0 amide bonds. The van der Waals surface area contributed by atoms with E-state index in [0.29, 0.717) is 10.7 Å². The maximum atomic E-state index is 12.6. The smallest absolute Gasteiger partial charge is 0.339 e. The van der Waals surface area contributed by atoms with Crippen LogP contribution in [0.1, 0.15) is 45.1 Å². The number of thiocarbonyl (C=S) groups is 1. The average molecular weight is 513 g/mol. The largest absolute Gasteiger partial charge is 0.497 e. The highest BCUT2D eigenvalue weighted by Crippen LogP contribution is 2.44. The van der Waals surface area contributed by atoms with Crippen molar-refractivity contribution in [2.24, 2.45) is 0 Å². The fraction of sp³-hybridized carbons (Fsp3) is 0.207. The minimum atomic E-state index is -0.375. The number of aromatic nitrogens is 2. The van der Waals surface area contributed by atoms with Gasteiger partial charge in [0.25, 0.3) is 0 Å². The molecule has 0 bridgehead atoms. The standard InChI is InChI=1S/C29H28N4O3S/c1-18-17-23(19(2)32(18)25-11-6-5-9-22(25)28(34)36-4)27-26(24-10-7-8-16-30-24)31-29(37)33(27)20-12-14-21(35-3)15-13-20/h5-17,26-27H,1-4H3,(H,31,37)/t26-,27+/m0/s1. The molecule has 4 aromatic rings. The summed E-state index contributed by atoms with van der Waals surface area (Å²) in [7, 11) is 3.05. The highest BCUT2D eigenvalue weighted by atomic mass is 32.1. The predicted octanol–water partition coefficient (Wildman–Crippen LogP) is 5.46. The zero-order valence-electron chi connectivity index (χ0n) is 21.1. The highest BCUT2D eigenvalue weighted by Gasteiger charge is 2.42. The van der Waals surface area contributed by atoms with Crippen molar-refractivity contribution in [1.82, 2.24) is 14.9 Å². The van der Waals surface area contributed by atoms with Crippen molar-refractivity contribution in [3.05, 3.63) is 107 Å². The van der Waals surface area contributed by atoms with Crippen LogP contribution in [0.2, 0.25) is 0 Å². The molecule has 0 aliphatic carbocycles. The number of carbonyl (C=O) groups excluding carboxylic acids is 1. The van der Waals surface area contributed by atoms with Crippen molar-refractivity contribution < 1.29 is 14.3 Å². The van der Waals surface area contributed by atoms with E-state index in [4.69, 9.17) is 21.7 Å². The number of pyridine rings is 1. The fourth-order valence-corrected chi connectivity index (χ4v) is 5.45. The first-order chi connectivity index (χ1) is 17.9. The Bertz CT molecular complexity index is 1450. The second kappa shape index (κ2) is 10.1. The van der Waals surface area contributed by atoms with Gasteiger partial charge in [0.15, 0.2) is 5.11 Å². The summed E-state index contributed by atoms with van der Waals surface area (Å²) in [6.07, 6.45) is 1.79. The lowest BCUT2D eigenvalue weighted by atomic mass is 9.96. The van der Waals surface area contributed by atoms with Gasteiger partial charge in [-0.1, -0.05) is 18.2 Å². The zero-order valence-corrected chi connectivity index (χ0v) is 22.0. The molecule has 1 fully saturated rings. The van der Waals surface area contributed by atoms with E-state index in [2.05, 4.69) is 32.8 Å². The summed E-state index contributed by atoms with van der Waals surface area (Å²) in [6, 6.07) is 23.1. The van der Waals surface area contributed by atoms with Crippen LogP contribution in [0.5, 0.6) is 5.75 Å². The maximum Gasteiger partial charge on any atom is 0.339 e. The van der Waals surface area contributed by atoms with Gasteiger partial charge in [-0.3, -0.25) is 4.98 Å². The van der Waals surface area contributed by atoms with Crippen LogP contribution in [-0.2, 0) is 4.74 Å². The summed E-state index contributed by atoms with van der Waals surface area (Å²) in [5, 5.41) is 4.13. The molecule has 0 spiro atoms. The maximum absolute atomic E-state index is 12.6. The molecule has 5 rings (SSSR count). The van der Waals surface area contributed by atoms with E-state index >= 15 is 0 Å². The number of carbonyl (C=O) groups is 1. The first-order valence-corrected chi connectivity index (χ1v) is 12.4. The number of hydrogen-bond acceptors (Lipinski definition) is 5. The van der Waals surface area contributed by atoms with Crippen LogP contribution in [0.3, 0.4) is 0 Å². The molecule has 3 heterocycles. The van der Waals surface area contributed by atoms with Gasteiger partial charge in [-0.15, -0.1) is 0 Å². The van der Waals surface area contributed by atoms with Gasteiger partial charge >= 0.3 is 5.97 Å². The number of methoxy groups -OCH3 is 2. The lowest BCUT2D eigenvalue weighted by Gasteiger charge is -2.28. The van der Waals surface area contributed by atoms with Gasteiger partial charge in [0.05, 0.1) is 43.2 Å². The van der Waals surface area contributed by atoms with Crippen LogP contribution in [-0.4, -0.2) is 34.9 Å². The van der Waals surface area contributed by atoms with E-state index in [1.165, 1.54) is 7.11 Å². The quantitative estimate of drug-likeness (QED) is 0.272. The number of benzene rings is 2. The van der Waals surface area contributed by atoms with Gasteiger partial charge in [-0.25, -0.2) is 4.79 Å². The summed E-state index contributed by atoms with van der Waals surface area (Å²) >= 11 is 5.87. The lowest BCUT2D eigenvalue weighted by Crippen LogP contribution is -2.29. The number of nitrogens with one attached hydrogen (secondary N) is 1. The van der Waals surface area contributed by atoms with Gasteiger partial charge in [0.2, 0.25) is 0 Å². The minimum absolute atomic E-state index is 0.180. The molecule has 1 aliphatic heterocycles. The number of nitrogens with zero attached hydrogens (tertiary/aromatic N) is 3. The van der Waals surface area contributed by atoms with Crippen LogP contribution in [0, 0.1) is 13.8 Å². The van der Waals surface area contributed by atoms with Gasteiger partial charge in [-0.05, 0) is 86.2 Å². The lowest BCUT2D eigenvalue weighted by molar-refractivity contribution is 0.0600. The SMILES string of the molecule is COC(=O)c1ccccc1-n1c(C)cc([C@@H]2[C@H](c3ccccn3)NC(=S)N2c2ccc(OC)cc2)c1C. The van der Waals surface area contributed by atoms with Crippen LogP contribution >= 0.6 is 12.2 Å². The van der Waals surface area contributed by atoms with E-state index in [0.717, 1.165) is 39.8 Å². The molecule has 37 heavy (non-hydrogen) atoms. The summed E-state index contributed by atoms with van der Waals surface area (Å²) < 4.78 is 12.5. The molecule has 0 saturated carbocycles. The molecule has 7 nitrogen and oxygen atoms in total. The molecule has 2 aromatic carbocycles. The first-order valence-electron chi connectivity index (χ1n) is 12.0. The van der Waals surface area contributed by atoms with E-state index in [1.807, 2.05) is 67.6 Å². The predicted molar refractivity (Wildman–Crippen MR) is 148 cm³/mol. The topological polar surface area (TPSA) is 68.6 Å². The van der Waals surface area contributed by atoms with E-state index in [1.54, 1.807) is 19.4 Å². The monoisotopic (exact) mass is 512 g/mol. The third kappa shape index (κ3) is 4.34. The van der Waals surface area contributed by atoms with Crippen molar-refractivity contribution in [2.75, 3.05) is 19.1 Å². The van der Waals surface area contributed by atoms with Gasteiger partial charge < -0.3 is 24.3 Å². The number of ether oxygens (including phenoxy) is 2. The third-order valence-electron chi connectivity index (χ3n) is 6.79. The Kier molecular flexibility index (Phi) is 6.67. The Hall–Kier alpha value is -4.17. The molecule has 1 aliphatic rings. The third-order valence-corrected chi connectivity index (χ3v) is 7.10. The van der Waals surface area contributed by atoms with E-state index in [9.17, 15) is 4.79 Å². The summed E-state index contributed by atoms with van der Waals surface area (Å²) in [6.45, 7) is 4.11. The van der Waals surface area contributed by atoms with Crippen LogP contribution in [0.25, 0.3) is 5.69 Å². The minimum Gasteiger partial charge on any atom is -0.497 e. The van der Waals surface area contributed by atoms with Crippen molar-refractivity contribution in [3.63, 3.8) is 0 Å². The first kappa shape index (κ1) is 24.5. The Labute approximate surface area is 221 Å². The number of aryl methyl sites for hydroxylation is 1. The van der Waals surface area contributed by atoms with Crippen molar-refractivity contribution in [3.8, 4) is 11.4 Å². The van der Waals surface area contributed by atoms with E-state index < -0.39 is 0 Å². The Balaban J connectivity index is 1.68. The second-order valence-electron chi connectivity index (χ2n) is 8.87. The Morgan fingerprint density at radius 3 is 2.41 bits per heavy atom. The molecule has 8 heteroatoms. The highest BCUT2D eigenvalue weighted by molar-refractivity contribution is 7.80. The Morgan fingerprint density at radius 1 is 1.00 bits per heavy atom. The zero-order chi connectivity index (χ0) is 26.1. The Morgan fingerprint density at radius 2 is 1.73 bits per heavy atom. The van der Waals surface area contributed by atoms with E-state index in [-0.39, 0.29) is 18.1 Å². The number of esters is 1. The summed E-state index contributed by atoms with van der Waals surface area (Å²) in [4.78, 5) is 19.4. The molecule has 188 valence electrons. The summed E-state index contributed by atoms with van der Waals surface area (Å²) in [5.74, 6) is 0.400. The molecule has 2 aromatic heterocycles. The van der Waals surface area contributed by atoms with Gasteiger partial charge in [-0.2, -0.15) is 0 Å². The van der Waals surface area contributed by atoms with Gasteiger partial charge in [0.1, 0.15) is 5.75 Å². The van der Waals surface area contributed by atoms with Crippen LogP contribution in [0.15, 0.2) is 79.0 Å². The van der Waals surface area contributed by atoms with Crippen molar-refractivity contribution in [1.29, 1.82) is 0 Å². The molecular formula is C29H28N4O3S. The van der Waals surface area contributed by atoms with Crippen molar-refractivity contribution >= 4 is 29.0 Å². The van der Waals surface area contributed by atoms with Crippen LogP contribution in [0.4, 0.5) is 5.69 Å². The second-order valence-corrected chi connectivity index (χ2v) is 9.25. The summed E-state index contributed by atoms with van der Waals surface area (Å²) in [5.41, 5.74) is 6.20. The normalized spacial score (nSPS) is 17.0. The molecule has 2 atom stereocenters. The number of anilines is 1. The number of hydrogen-bond donors (Lipinski definition) is 1. The van der Waals surface area contributed by atoms with Crippen molar-refractivity contribution in [2.45, 2.75) is 25.9 Å². The molecule has 1 N–H and O–H groups in total. The molecule has 1 saturated heterocycles. The molecule has 0 unspecified atom stereocenters. The fourth-order valence-electron chi connectivity index (χ4n) is 5.10. The molecule has 0 radical (unpaired) electrons. The molecular weight excluding hydrogens is 484 g/mol.